The summed E-state index contributed by atoms with van der Waals surface area (Å²) in [6.45, 7) is 2.31. The number of nitrogens with one attached hydrogen (secondary N) is 1. The van der Waals surface area contributed by atoms with Crippen molar-refractivity contribution in [2.45, 2.75) is 19.6 Å². The molecule has 0 fully saturated rings. The summed E-state index contributed by atoms with van der Waals surface area (Å²) in [6.07, 6.45) is 3.31. The van der Waals surface area contributed by atoms with Crippen molar-refractivity contribution in [1.82, 2.24) is 5.32 Å². The third kappa shape index (κ3) is 6.16. The molecule has 7 heteroatoms. The highest BCUT2D eigenvalue weighted by Crippen LogP contribution is 2.38. The van der Waals surface area contributed by atoms with Crippen LogP contribution in [-0.2, 0) is 13.2 Å². The summed E-state index contributed by atoms with van der Waals surface area (Å²) in [6, 6.07) is 16.0. The summed E-state index contributed by atoms with van der Waals surface area (Å²) in [7, 11) is 0. The van der Waals surface area contributed by atoms with E-state index in [9.17, 15) is 5.26 Å². The van der Waals surface area contributed by atoms with Gasteiger partial charge in [0, 0.05) is 17.5 Å². The molecule has 0 saturated carbocycles. The van der Waals surface area contributed by atoms with Gasteiger partial charge in [0.05, 0.1) is 10.0 Å². The molecule has 0 radical (unpaired) electrons. The van der Waals surface area contributed by atoms with Crippen LogP contribution in [-0.4, -0.2) is 18.6 Å². The van der Waals surface area contributed by atoms with Crippen molar-refractivity contribution in [2.75, 3.05) is 18.6 Å². The number of rotatable bonds is 10. The molecule has 0 saturated heterocycles. The van der Waals surface area contributed by atoms with Gasteiger partial charge < -0.3 is 10.1 Å². The van der Waals surface area contributed by atoms with E-state index in [1.165, 1.54) is 29.1 Å². The van der Waals surface area contributed by atoms with Crippen molar-refractivity contribution < 1.29 is 4.74 Å². The van der Waals surface area contributed by atoms with Crippen molar-refractivity contribution in [2.24, 2.45) is 0 Å². The number of thioether (sulfide) groups is 1. The molecule has 2 aromatic carbocycles. The second-order valence-electron chi connectivity index (χ2n) is 6.68. The minimum absolute atomic E-state index is 0.414. The monoisotopic (exact) mass is 476 g/mol. The highest BCUT2D eigenvalue weighted by molar-refractivity contribution is 7.98. The maximum Gasteiger partial charge on any atom is 0.192 e. The Morgan fingerprint density at radius 2 is 1.87 bits per heavy atom. The van der Waals surface area contributed by atoms with Crippen LogP contribution >= 0.6 is 46.3 Å². The molecule has 1 N–H and O–H groups in total. The van der Waals surface area contributed by atoms with Gasteiger partial charge in [0.25, 0.3) is 0 Å². The second-order valence-corrected chi connectivity index (χ2v) is 9.32. The quantitative estimate of drug-likeness (QED) is 0.319. The molecule has 0 spiro atoms. The smallest absolute Gasteiger partial charge is 0.192 e. The number of hydrogen-bond acceptors (Lipinski definition) is 5. The highest BCUT2D eigenvalue weighted by Gasteiger charge is 2.15. The number of nitriles is 1. The van der Waals surface area contributed by atoms with E-state index in [2.05, 4.69) is 41.9 Å². The summed E-state index contributed by atoms with van der Waals surface area (Å²) >= 11 is 15.4. The third-order valence-electron chi connectivity index (χ3n) is 4.52. The fourth-order valence-electron chi connectivity index (χ4n) is 2.90. The fraction of sp³-hybridized carbons (Fsp3) is 0.261. The Balaban J connectivity index is 1.60. The summed E-state index contributed by atoms with van der Waals surface area (Å²) in [5.41, 5.74) is 4.48. The van der Waals surface area contributed by atoms with E-state index in [-0.39, 0.29) is 0 Å². The van der Waals surface area contributed by atoms with E-state index in [1.54, 1.807) is 12.1 Å². The number of benzene rings is 2. The Labute approximate surface area is 196 Å². The first-order chi connectivity index (χ1) is 14.6. The molecule has 0 bridgehead atoms. The Hall–Kier alpha value is -1.68. The van der Waals surface area contributed by atoms with E-state index in [0.29, 0.717) is 27.3 Å². The molecule has 0 aliphatic rings. The van der Waals surface area contributed by atoms with Crippen LogP contribution in [0.4, 0.5) is 0 Å². The van der Waals surface area contributed by atoms with Gasteiger partial charge in [0.15, 0.2) is 5.06 Å². The molecule has 0 unspecified atom stereocenters. The van der Waals surface area contributed by atoms with Crippen LogP contribution in [0.5, 0.6) is 5.06 Å². The van der Waals surface area contributed by atoms with E-state index in [0.717, 1.165) is 29.8 Å². The lowest BCUT2D eigenvalue weighted by Gasteiger charge is -2.08. The number of halogens is 2. The van der Waals surface area contributed by atoms with Crippen molar-refractivity contribution in [1.29, 1.82) is 5.26 Å². The molecule has 0 atom stereocenters. The zero-order valence-electron chi connectivity index (χ0n) is 16.6. The summed E-state index contributed by atoms with van der Waals surface area (Å²) in [5, 5.41) is 16.6. The Bertz CT molecular complexity index is 1010. The standard InChI is InChI=1S/C23H22Cl2N2OS2/c1-29-10-2-9-27-13-16-3-5-17(6-4-16)14-28-23-19(12-26)20(15-30-23)18-7-8-21(24)22(25)11-18/h3-8,11,15,27H,2,9-10,13-14H2,1H3. The molecule has 156 valence electrons. The summed E-state index contributed by atoms with van der Waals surface area (Å²) < 4.78 is 5.95. The zero-order chi connectivity index (χ0) is 21.3. The fourth-order valence-corrected chi connectivity index (χ4v) is 4.52. The van der Waals surface area contributed by atoms with E-state index in [4.69, 9.17) is 27.9 Å². The molecule has 3 rings (SSSR count). The first-order valence-corrected chi connectivity index (χ1v) is 12.5. The van der Waals surface area contributed by atoms with Gasteiger partial charge >= 0.3 is 0 Å². The Morgan fingerprint density at radius 1 is 1.10 bits per heavy atom. The van der Waals surface area contributed by atoms with E-state index in [1.807, 2.05) is 23.2 Å². The number of ether oxygens (including phenoxy) is 1. The molecule has 1 heterocycles. The molecule has 0 aliphatic carbocycles. The van der Waals surface area contributed by atoms with Crippen molar-refractivity contribution in [3.8, 4) is 22.3 Å². The predicted octanol–water partition coefficient (Wildman–Crippen LogP) is 7.02. The number of thiophene rings is 1. The van der Waals surface area contributed by atoms with Crippen LogP contribution in [0.1, 0.15) is 23.1 Å². The second kappa shape index (κ2) is 11.6. The normalized spacial score (nSPS) is 10.7. The zero-order valence-corrected chi connectivity index (χ0v) is 19.7. The Kier molecular flexibility index (Phi) is 8.92. The number of hydrogen-bond donors (Lipinski definition) is 1. The summed E-state index contributed by atoms with van der Waals surface area (Å²) in [5.74, 6) is 1.18. The van der Waals surface area contributed by atoms with Gasteiger partial charge in [0.2, 0.25) is 0 Å². The Morgan fingerprint density at radius 3 is 2.57 bits per heavy atom. The van der Waals surface area contributed by atoms with E-state index < -0.39 is 0 Å². The molecule has 3 nitrogen and oxygen atoms in total. The number of nitrogens with zero attached hydrogens (tertiary/aromatic N) is 1. The minimum Gasteiger partial charge on any atom is -0.478 e. The van der Waals surface area contributed by atoms with Crippen LogP contribution in [0.15, 0.2) is 47.8 Å². The topological polar surface area (TPSA) is 45.0 Å². The predicted molar refractivity (Wildman–Crippen MR) is 130 cm³/mol. The van der Waals surface area contributed by atoms with Gasteiger partial charge in [-0.25, -0.2) is 0 Å². The van der Waals surface area contributed by atoms with Gasteiger partial charge in [-0.15, -0.1) is 11.3 Å². The first-order valence-electron chi connectivity index (χ1n) is 9.49. The molecular formula is C23H22Cl2N2OS2. The van der Waals surface area contributed by atoms with Crippen LogP contribution < -0.4 is 10.1 Å². The summed E-state index contributed by atoms with van der Waals surface area (Å²) in [4.78, 5) is 0. The van der Waals surface area contributed by atoms with Crippen molar-refractivity contribution >= 4 is 46.3 Å². The lowest BCUT2D eigenvalue weighted by atomic mass is 10.1. The van der Waals surface area contributed by atoms with Crippen LogP contribution in [0.3, 0.4) is 0 Å². The highest BCUT2D eigenvalue weighted by atomic mass is 35.5. The van der Waals surface area contributed by atoms with Gasteiger partial charge in [-0.2, -0.15) is 17.0 Å². The maximum atomic E-state index is 9.65. The third-order valence-corrected chi connectivity index (χ3v) is 6.85. The van der Waals surface area contributed by atoms with Gasteiger partial charge in [-0.05, 0) is 53.8 Å². The largest absolute Gasteiger partial charge is 0.478 e. The maximum absolute atomic E-state index is 9.65. The molecule has 0 aliphatic heterocycles. The van der Waals surface area contributed by atoms with Gasteiger partial charge in [-0.1, -0.05) is 53.5 Å². The van der Waals surface area contributed by atoms with Crippen LogP contribution in [0.2, 0.25) is 10.0 Å². The minimum atomic E-state index is 0.414. The van der Waals surface area contributed by atoms with Crippen molar-refractivity contribution in [3.05, 3.63) is 74.6 Å². The molecule has 1 aromatic heterocycles. The molecular weight excluding hydrogens is 455 g/mol. The lowest BCUT2D eigenvalue weighted by molar-refractivity contribution is 0.315. The average Bonchev–Trinajstić information content (AvgIpc) is 3.18. The van der Waals surface area contributed by atoms with Gasteiger partial charge in [-0.3, -0.25) is 0 Å². The molecule has 3 aromatic rings. The van der Waals surface area contributed by atoms with E-state index >= 15 is 0 Å². The van der Waals surface area contributed by atoms with Crippen LogP contribution in [0.25, 0.3) is 11.1 Å². The van der Waals surface area contributed by atoms with Gasteiger partial charge in [0.1, 0.15) is 18.2 Å². The molecule has 30 heavy (non-hydrogen) atoms. The van der Waals surface area contributed by atoms with Crippen molar-refractivity contribution in [3.63, 3.8) is 0 Å². The average molecular weight is 477 g/mol. The molecule has 0 amide bonds. The first kappa shape index (κ1) is 23.0. The van der Waals surface area contributed by atoms with Crippen LogP contribution in [0, 0.1) is 11.3 Å². The SMILES string of the molecule is CSCCCNCc1ccc(COc2scc(-c3ccc(Cl)c(Cl)c3)c2C#N)cc1. The lowest BCUT2D eigenvalue weighted by Crippen LogP contribution is -2.15.